The van der Waals surface area contributed by atoms with E-state index in [9.17, 15) is 4.79 Å². The minimum atomic E-state index is 0.0342. The molecule has 16 heavy (non-hydrogen) atoms. The lowest BCUT2D eigenvalue weighted by Gasteiger charge is -2.06. The molecule has 1 aromatic carbocycles. The molecule has 0 saturated carbocycles. The van der Waals surface area contributed by atoms with Gasteiger partial charge in [-0.1, -0.05) is 26.0 Å². The first kappa shape index (κ1) is 13.1. The molecule has 0 saturated heterocycles. The topological polar surface area (TPSA) is 29.1 Å². The molecule has 0 aliphatic heterocycles. The Kier molecular flexibility index (Phi) is 5.39. The molecule has 1 aromatic rings. The lowest BCUT2D eigenvalue weighted by molar-refractivity contribution is -0.118. The molecule has 0 heterocycles. The highest BCUT2D eigenvalue weighted by atomic mass is 32.2. The Morgan fingerprint density at radius 1 is 1.31 bits per heavy atom. The average Bonchev–Trinajstić information content (AvgIpc) is 2.19. The Balaban J connectivity index is 2.42. The van der Waals surface area contributed by atoms with Gasteiger partial charge in [0.2, 0.25) is 5.91 Å². The van der Waals surface area contributed by atoms with Crippen molar-refractivity contribution in [1.82, 2.24) is 5.32 Å². The fourth-order valence-electron chi connectivity index (χ4n) is 1.39. The summed E-state index contributed by atoms with van der Waals surface area (Å²) in [5.74, 6) is 0.0342. The summed E-state index contributed by atoms with van der Waals surface area (Å²) in [6.07, 6.45) is 0.895. The van der Waals surface area contributed by atoms with E-state index in [-0.39, 0.29) is 5.91 Å². The van der Waals surface area contributed by atoms with Gasteiger partial charge in [0, 0.05) is 23.6 Å². The summed E-state index contributed by atoms with van der Waals surface area (Å²) in [7, 11) is 0. The van der Waals surface area contributed by atoms with Crippen LogP contribution in [0.15, 0.2) is 29.2 Å². The van der Waals surface area contributed by atoms with Crippen molar-refractivity contribution in [3.63, 3.8) is 0 Å². The molecule has 1 rings (SSSR count). The Labute approximate surface area is 102 Å². The number of carbonyl (C=O) groups excluding carboxylic acids is 1. The first-order valence-electron chi connectivity index (χ1n) is 5.58. The molecule has 1 amide bonds. The van der Waals surface area contributed by atoms with Gasteiger partial charge in [-0.15, -0.1) is 11.8 Å². The van der Waals surface area contributed by atoms with Gasteiger partial charge in [-0.2, -0.15) is 0 Å². The molecule has 0 aromatic heterocycles. The van der Waals surface area contributed by atoms with Crippen LogP contribution in [0.1, 0.15) is 26.3 Å². The van der Waals surface area contributed by atoms with E-state index in [1.807, 2.05) is 11.8 Å². The second-order valence-electron chi connectivity index (χ2n) is 4.04. The molecule has 2 nitrogen and oxygen atoms in total. The molecule has 1 N–H and O–H groups in total. The Bertz CT molecular complexity index is 332. The molecule has 0 aliphatic rings. The van der Waals surface area contributed by atoms with E-state index in [0.29, 0.717) is 11.8 Å². The predicted octanol–water partition coefficient (Wildman–Crippen LogP) is 2.87. The second-order valence-corrected chi connectivity index (χ2v) is 5.69. The number of nitrogens with one attached hydrogen (secondary N) is 1. The van der Waals surface area contributed by atoms with E-state index in [1.165, 1.54) is 10.5 Å². The molecule has 0 radical (unpaired) electrons. The Morgan fingerprint density at radius 2 is 1.94 bits per heavy atom. The number of hydrogen-bond acceptors (Lipinski definition) is 2. The van der Waals surface area contributed by atoms with Crippen molar-refractivity contribution in [2.24, 2.45) is 0 Å². The fraction of sp³-hybridized carbons (Fsp3) is 0.462. The number of amides is 1. The minimum absolute atomic E-state index is 0.0342. The van der Waals surface area contributed by atoms with Crippen LogP contribution in [0.25, 0.3) is 0 Å². The van der Waals surface area contributed by atoms with Gasteiger partial charge in [-0.25, -0.2) is 0 Å². The van der Waals surface area contributed by atoms with Gasteiger partial charge in [0.15, 0.2) is 0 Å². The molecule has 0 aliphatic carbocycles. The van der Waals surface area contributed by atoms with Crippen LogP contribution >= 0.6 is 11.8 Å². The summed E-state index contributed by atoms with van der Waals surface area (Å²) < 4.78 is 0. The molecular weight excluding hydrogens is 218 g/mol. The number of benzene rings is 1. The van der Waals surface area contributed by atoms with Crippen LogP contribution in [0.4, 0.5) is 0 Å². The van der Waals surface area contributed by atoms with Gasteiger partial charge >= 0.3 is 0 Å². The molecule has 3 heteroatoms. The van der Waals surface area contributed by atoms with Crippen LogP contribution in [0.2, 0.25) is 0 Å². The summed E-state index contributed by atoms with van der Waals surface area (Å²) >= 11 is 1.87. The molecule has 0 atom stereocenters. The van der Waals surface area contributed by atoms with E-state index in [1.54, 1.807) is 6.92 Å². The lowest BCUT2D eigenvalue weighted by Crippen LogP contribution is -2.22. The highest BCUT2D eigenvalue weighted by Crippen LogP contribution is 2.22. The van der Waals surface area contributed by atoms with Gasteiger partial charge in [0.1, 0.15) is 0 Å². The van der Waals surface area contributed by atoms with Gasteiger partial charge < -0.3 is 5.32 Å². The van der Waals surface area contributed by atoms with Crippen LogP contribution < -0.4 is 5.32 Å². The predicted molar refractivity (Wildman–Crippen MR) is 69.8 cm³/mol. The van der Waals surface area contributed by atoms with Crippen molar-refractivity contribution in [2.45, 2.75) is 37.3 Å². The quantitative estimate of drug-likeness (QED) is 0.798. The third-order valence-corrected chi connectivity index (χ3v) is 3.10. The van der Waals surface area contributed by atoms with Gasteiger partial charge in [0.05, 0.1) is 0 Å². The van der Waals surface area contributed by atoms with Gasteiger partial charge in [0.25, 0.3) is 0 Å². The maximum Gasteiger partial charge on any atom is 0.216 e. The fourth-order valence-corrected chi connectivity index (χ4v) is 2.23. The van der Waals surface area contributed by atoms with Crippen LogP contribution in [-0.4, -0.2) is 17.7 Å². The zero-order chi connectivity index (χ0) is 12.0. The maximum atomic E-state index is 10.7. The molecular formula is C13H19NOS. The monoisotopic (exact) mass is 237 g/mol. The summed E-state index contributed by atoms with van der Waals surface area (Å²) in [6.45, 7) is 6.64. The number of thioether (sulfide) groups is 1. The van der Waals surface area contributed by atoms with E-state index in [0.717, 1.165) is 6.42 Å². The third-order valence-electron chi connectivity index (χ3n) is 2.08. The van der Waals surface area contributed by atoms with Crippen LogP contribution in [0.3, 0.4) is 0 Å². The molecule has 88 valence electrons. The highest BCUT2D eigenvalue weighted by molar-refractivity contribution is 7.99. The number of carbonyl (C=O) groups is 1. The standard InChI is InChI=1S/C13H19NOS/c1-10(2)16-13-6-4-12(5-7-13)8-9-14-11(3)15/h4-7,10H,8-9H2,1-3H3,(H,14,15). The normalized spacial score (nSPS) is 10.5. The SMILES string of the molecule is CC(=O)NCCc1ccc(SC(C)C)cc1. The van der Waals surface area contributed by atoms with Crippen molar-refractivity contribution in [3.8, 4) is 0 Å². The van der Waals surface area contributed by atoms with Crippen LogP contribution in [-0.2, 0) is 11.2 Å². The van der Waals surface area contributed by atoms with Crippen molar-refractivity contribution in [2.75, 3.05) is 6.54 Å². The van der Waals surface area contributed by atoms with Crippen LogP contribution in [0.5, 0.6) is 0 Å². The Morgan fingerprint density at radius 3 is 2.44 bits per heavy atom. The second kappa shape index (κ2) is 6.59. The molecule has 0 fully saturated rings. The molecule has 0 unspecified atom stereocenters. The lowest BCUT2D eigenvalue weighted by atomic mass is 10.1. The largest absolute Gasteiger partial charge is 0.356 e. The molecule has 0 bridgehead atoms. The van der Waals surface area contributed by atoms with Crippen LogP contribution in [0, 0.1) is 0 Å². The summed E-state index contributed by atoms with van der Waals surface area (Å²) in [5.41, 5.74) is 1.27. The van der Waals surface area contributed by atoms with E-state index in [2.05, 4.69) is 43.4 Å². The maximum absolute atomic E-state index is 10.7. The third kappa shape index (κ3) is 5.21. The number of rotatable bonds is 5. The van der Waals surface area contributed by atoms with E-state index >= 15 is 0 Å². The van der Waals surface area contributed by atoms with Crippen molar-refractivity contribution < 1.29 is 4.79 Å². The number of hydrogen-bond donors (Lipinski definition) is 1. The van der Waals surface area contributed by atoms with Crippen molar-refractivity contribution >= 4 is 17.7 Å². The summed E-state index contributed by atoms with van der Waals surface area (Å²) in [5, 5.41) is 3.41. The smallest absolute Gasteiger partial charge is 0.216 e. The zero-order valence-corrected chi connectivity index (χ0v) is 10.9. The molecule has 0 spiro atoms. The van der Waals surface area contributed by atoms with Gasteiger partial charge in [-0.3, -0.25) is 4.79 Å². The van der Waals surface area contributed by atoms with Gasteiger partial charge in [-0.05, 0) is 24.1 Å². The zero-order valence-electron chi connectivity index (χ0n) is 10.1. The first-order valence-corrected chi connectivity index (χ1v) is 6.46. The van der Waals surface area contributed by atoms with E-state index in [4.69, 9.17) is 0 Å². The minimum Gasteiger partial charge on any atom is -0.356 e. The van der Waals surface area contributed by atoms with Crippen molar-refractivity contribution in [3.05, 3.63) is 29.8 Å². The Hall–Kier alpha value is -0.960. The first-order chi connectivity index (χ1) is 7.58. The summed E-state index contributed by atoms with van der Waals surface area (Å²) in [6, 6.07) is 8.56. The van der Waals surface area contributed by atoms with Crippen molar-refractivity contribution in [1.29, 1.82) is 0 Å². The summed E-state index contributed by atoms with van der Waals surface area (Å²) in [4.78, 5) is 12.0. The van der Waals surface area contributed by atoms with E-state index < -0.39 is 0 Å². The highest BCUT2D eigenvalue weighted by Gasteiger charge is 1.99. The average molecular weight is 237 g/mol.